The lowest BCUT2D eigenvalue weighted by Crippen LogP contribution is -2.54. The molecule has 1 unspecified atom stereocenters. The van der Waals surface area contributed by atoms with Crippen molar-refractivity contribution in [1.29, 1.82) is 0 Å². The van der Waals surface area contributed by atoms with Crippen molar-refractivity contribution in [3.63, 3.8) is 0 Å². The number of aromatic hydroxyl groups is 1. The average molecular weight is 595 g/mol. The van der Waals surface area contributed by atoms with Gasteiger partial charge in [0, 0.05) is 38.3 Å². The van der Waals surface area contributed by atoms with Gasteiger partial charge in [0.15, 0.2) is 11.5 Å². The Bertz CT molecular complexity index is 1860. The number of carbonyl (C=O) groups excluding carboxylic acids is 1. The molecule has 1 saturated carbocycles. The second-order valence-electron chi connectivity index (χ2n) is 10.8. The molecule has 3 aromatic heterocycles. The first-order valence-electron chi connectivity index (χ1n) is 13.6. The maximum atomic E-state index is 15.8. The number of anilines is 1. The highest BCUT2D eigenvalue weighted by Crippen LogP contribution is 2.56. The van der Waals surface area contributed by atoms with Crippen LogP contribution in [0.15, 0.2) is 54.0 Å². The van der Waals surface area contributed by atoms with Crippen molar-refractivity contribution in [2.24, 2.45) is 0 Å². The van der Waals surface area contributed by atoms with E-state index in [0.717, 1.165) is 16.7 Å². The van der Waals surface area contributed by atoms with Crippen LogP contribution in [0.3, 0.4) is 0 Å². The molecule has 43 heavy (non-hydrogen) atoms. The summed E-state index contributed by atoms with van der Waals surface area (Å²) in [5.74, 6) is -7.03. The van der Waals surface area contributed by atoms with Crippen LogP contribution in [0.5, 0.6) is 5.75 Å². The lowest BCUT2D eigenvalue weighted by atomic mass is 10.1. The summed E-state index contributed by atoms with van der Waals surface area (Å²) in [7, 11) is 0. The minimum absolute atomic E-state index is 0.0241. The van der Waals surface area contributed by atoms with Crippen molar-refractivity contribution in [3.8, 4) is 22.7 Å². The lowest BCUT2D eigenvalue weighted by molar-refractivity contribution is -0.126. The zero-order chi connectivity index (χ0) is 30.8. The second kappa shape index (κ2) is 10.2. The molecule has 0 radical (unpaired) electrons. The number of nitrogens with zero attached hydrogens (tertiary/aromatic N) is 6. The highest BCUT2D eigenvalue weighted by molar-refractivity contribution is 5.91. The second-order valence-corrected chi connectivity index (χ2v) is 10.8. The molecule has 222 valence electrons. The van der Waals surface area contributed by atoms with E-state index in [1.165, 1.54) is 30.5 Å². The largest absolute Gasteiger partial charge is 0.507 e. The molecule has 2 fully saturated rings. The molecule has 9 nitrogen and oxygen atoms in total. The van der Waals surface area contributed by atoms with Crippen LogP contribution in [-0.4, -0.2) is 67.0 Å². The standard InChI is InChI=1S/C30H26F4N6O3/c1-4-22(42)38-10-11-39(16(3)14-38)27-17-12-20(32)25(23-19(31)6-5-7-21(23)41)36-28(17)40(29(43)37-27)26-15(2)8-9-35-24(26)18-13-30(18,33)34/h4-9,12,16,18,41H,1,10-11,13-14H2,2-3H3/t16-,18?/m0/s1. The normalized spacial score (nSPS) is 19.5. The van der Waals surface area contributed by atoms with E-state index in [-0.39, 0.29) is 59.8 Å². The summed E-state index contributed by atoms with van der Waals surface area (Å²) in [4.78, 5) is 42.2. The van der Waals surface area contributed by atoms with Crippen LogP contribution in [0.25, 0.3) is 28.0 Å². The van der Waals surface area contributed by atoms with Crippen molar-refractivity contribution in [2.75, 3.05) is 24.5 Å². The fourth-order valence-electron chi connectivity index (χ4n) is 5.68. The van der Waals surface area contributed by atoms with Crippen molar-refractivity contribution >= 4 is 22.8 Å². The van der Waals surface area contributed by atoms with E-state index in [9.17, 15) is 27.9 Å². The van der Waals surface area contributed by atoms with Crippen LogP contribution in [0.2, 0.25) is 0 Å². The molecule has 0 bridgehead atoms. The van der Waals surface area contributed by atoms with Crippen molar-refractivity contribution in [2.45, 2.75) is 38.2 Å². The number of halogens is 4. The van der Waals surface area contributed by atoms with Crippen LogP contribution in [0.1, 0.15) is 30.5 Å². The van der Waals surface area contributed by atoms with Crippen LogP contribution in [0.4, 0.5) is 23.4 Å². The van der Waals surface area contributed by atoms with Gasteiger partial charge in [-0.3, -0.25) is 9.78 Å². The summed E-state index contributed by atoms with van der Waals surface area (Å²) in [6.07, 6.45) is 2.10. The maximum absolute atomic E-state index is 15.8. The van der Waals surface area contributed by atoms with E-state index in [0.29, 0.717) is 5.56 Å². The Labute approximate surface area is 242 Å². The molecule has 2 atom stereocenters. The Morgan fingerprint density at radius 3 is 2.56 bits per heavy atom. The Hall–Kier alpha value is -4.81. The number of piperazine rings is 1. The first-order chi connectivity index (χ1) is 20.4. The Morgan fingerprint density at radius 1 is 1.16 bits per heavy atom. The zero-order valence-corrected chi connectivity index (χ0v) is 23.2. The quantitative estimate of drug-likeness (QED) is 0.268. The minimum Gasteiger partial charge on any atom is -0.507 e. The molecule has 6 rings (SSSR count). The van der Waals surface area contributed by atoms with E-state index in [1.807, 2.05) is 0 Å². The summed E-state index contributed by atoms with van der Waals surface area (Å²) in [6, 6.07) is 5.63. The third kappa shape index (κ3) is 4.68. The highest BCUT2D eigenvalue weighted by Gasteiger charge is 2.59. The van der Waals surface area contributed by atoms with E-state index >= 15 is 4.39 Å². The molecule has 0 spiro atoms. The third-order valence-corrected chi connectivity index (χ3v) is 7.95. The predicted molar refractivity (Wildman–Crippen MR) is 151 cm³/mol. The van der Waals surface area contributed by atoms with E-state index in [4.69, 9.17) is 0 Å². The fourth-order valence-corrected chi connectivity index (χ4v) is 5.68. The van der Waals surface area contributed by atoms with Crippen molar-refractivity contribution in [3.05, 3.63) is 82.6 Å². The Balaban J connectivity index is 1.64. The van der Waals surface area contributed by atoms with E-state index in [1.54, 1.807) is 23.6 Å². The zero-order valence-electron chi connectivity index (χ0n) is 23.2. The van der Waals surface area contributed by atoms with Crippen LogP contribution < -0.4 is 10.6 Å². The number of pyridine rings is 2. The fraction of sp³-hybridized carbons (Fsp3) is 0.300. The molecule has 1 amide bonds. The van der Waals surface area contributed by atoms with Gasteiger partial charge in [0.1, 0.15) is 23.1 Å². The number of fused-ring (bicyclic) bond motifs is 1. The SMILES string of the molecule is C=CC(=O)N1CCN(c2nc(=O)n(-c3c(C)ccnc3C3CC3(F)F)c3nc(-c4c(O)cccc4F)c(F)cc23)[C@@H](C)C1. The van der Waals surface area contributed by atoms with Gasteiger partial charge in [0.05, 0.1) is 28.2 Å². The molecule has 13 heteroatoms. The number of hydrogen-bond donors (Lipinski definition) is 1. The first-order valence-corrected chi connectivity index (χ1v) is 13.6. The first kappa shape index (κ1) is 28.3. The third-order valence-electron chi connectivity index (χ3n) is 7.95. The number of carbonyl (C=O) groups is 1. The summed E-state index contributed by atoms with van der Waals surface area (Å²) in [6.45, 7) is 7.68. The van der Waals surface area contributed by atoms with Gasteiger partial charge >= 0.3 is 5.69 Å². The average Bonchev–Trinajstić information content (AvgIpc) is 3.60. The lowest BCUT2D eigenvalue weighted by Gasteiger charge is -2.40. The summed E-state index contributed by atoms with van der Waals surface area (Å²) in [5, 5.41) is 10.5. The number of phenolic OH excluding ortho intramolecular Hbond substituents is 1. The summed E-state index contributed by atoms with van der Waals surface area (Å²) in [5.41, 5.74) is -1.80. The van der Waals surface area contributed by atoms with Gasteiger partial charge in [0.25, 0.3) is 5.92 Å². The molecule has 2 aliphatic rings. The highest BCUT2D eigenvalue weighted by atomic mass is 19.3. The topological polar surface area (TPSA) is 104 Å². The molecular weight excluding hydrogens is 568 g/mol. The summed E-state index contributed by atoms with van der Waals surface area (Å²) >= 11 is 0. The number of aryl methyl sites for hydroxylation is 1. The molecule has 1 aliphatic heterocycles. The Morgan fingerprint density at radius 2 is 1.91 bits per heavy atom. The number of alkyl halides is 2. The van der Waals surface area contributed by atoms with Gasteiger partial charge in [-0.05, 0) is 49.8 Å². The van der Waals surface area contributed by atoms with Gasteiger partial charge in [-0.2, -0.15) is 4.98 Å². The molecule has 1 aliphatic carbocycles. The maximum Gasteiger partial charge on any atom is 0.355 e. The van der Waals surface area contributed by atoms with Crippen LogP contribution in [0, 0.1) is 18.6 Å². The van der Waals surface area contributed by atoms with Gasteiger partial charge in [-0.1, -0.05) is 12.6 Å². The van der Waals surface area contributed by atoms with E-state index in [2.05, 4.69) is 21.5 Å². The van der Waals surface area contributed by atoms with Crippen LogP contribution >= 0.6 is 0 Å². The molecule has 4 heterocycles. The Kier molecular flexibility index (Phi) is 6.70. The predicted octanol–water partition coefficient (Wildman–Crippen LogP) is 4.48. The number of benzene rings is 1. The van der Waals surface area contributed by atoms with Gasteiger partial charge in [-0.15, -0.1) is 0 Å². The number of amides is 1. The van der Waals surface area contributed by atoms with Gasteiger partial charge in [0.2, 0.25) is 5.91 Å². The van der Waals surface area contributed by atoms with Gasteiger partial charge < -0.3 is 14.9 Å². The number of hydrogen-bond acceptors (Lipinski definition) is 7. The van der Waals surface area contributed by atoms with Crippen molar-refractivity contribution in [1.82, 2.24) is 24.4 Å². The van der Waals surface area contributed by atoms with E-state index < -0.39 is 52.6 Å². The molecule has 1 aromatic carbocycles. The molecular formula is C30H26F4N6O3. The van der Waals surface area contributed by atoms with Gasteiger partial charge in [-0.25, -0.2) is 31.9 Å². The monoisotopic (exact) mass is 594 g/mol. The number of aromatic nitrogens is 4. The molecule has 1 saturated heterocycles. The number of rotatable bonds is 5. The van der Waals surface area contributed by atoms with Crippen molar-refractivity contribution < 1.29 is 27.5 Å². The molecule has 4 aromatic rings. The van der Waals surface area contributed by atoms with Crippen LogP contribution in [-0.2, 0) is 4.79 Å². The summed E-state index contributed by atoms with van der Waals surface area (Å²) < 4.78 is 60.3. The smallest absolute Gasteiger partial charge is 0.355 e. The molecule has 1 N–H and O–H groups in total. The minimum atomic E-state index is -3.02. The number of phenols is 1.